The minimum absolute atomic E-state index is 0.347. The number of ether oxygens (including phenoxy) is 4. The monoisotopic (exact) mass is 304 g/mol. The first-order chi connectivity index (χ1) is 11.5. The molecule has 0 bridgehead atoms. The average Bonchev–Trinajstić information content (AvgIpc) is 2.58. The highest BCUT2D eigenvalue weighted by Crippen LogP contribution is 2.25. The van der Waals surface area contributed by atoms with Crippen LogP contribution in [-0.4, -0.2) is 49.1 Å². The highest BCUT2D eigenvalue weighted by Gasteiger charge is 2.46. The van der Waals surface area contributed by atoms with Gasteiger partial charge in [-0.3, -0.25) is 14.4 Å². The van der Waals surface area contributed by atoms with Crippen LogP contribution in [-0.2, 0) is 33.3 Å². The van der Waals surface area contributed by atoms with Gasteiger partial charge in [-0.15, -0.1) is 0 Å². The Morgan fingerprint density at radius 1 is 1.14 bits per heavy atom. The lowest BCUT2D eigenvalue weighted by Crippen LogP contribution is -2.56. The Balaban J connectivity index is 3.09. The van der Waals surface area contributed by atoms with Gasteiger partial charge in [0.15, 0.2) is 24.5 Å². The second kappa shape index (κ2) is 7.46. The second-order valence-corrected chi connectivity index (χ2v) is 3.87. The molecule has 0 aromatic heterocycles. The number of carbonyl (C=O) groups is 3. The van der Waals surface area contributed by atoms with Gasteiger partial charge in [-0.25, -0.2) is 0 Å². The SMILES string of the molecule is [2H]CC(=O)O[C@H]1[C@H](OC(=O)C[2H])C(N=[N+]=[N-])OC[C@H]1OC(=O)C[2H]. The summed E-state index contributed by atoms with van der Waals surface area (Å²) in [5.74, 6) is -2.95. The van der Waals surface area contributed by atoms with Crippen molar-refractivity contribution in [1.82, 2.24) is 0 Å². The molecule has 1 fully saturated rings. The van der Waals surface area contributed by atoms with Gasteiger partial charge in [-0.2, -0.15) is 0 Å². The average molecular weight is 304 g/mol. The van der Waals surface area contributed by atoms with Gasteiger partial charge in [-0.05, 0) is 5.53 Å². The molecule has 0 amide bonds. The molecular formula is C11H15N3O7. The third kappa shape index (κ3) is 4.93. The van der Waals surface area contributed by atoms with Gasteiger partial charge >= 0.3 is 17.9 Å². The minimum Gasteiger partial charge on any atom is -0.456 e. The Labute approximate surface area is 124 Å². The largest absolute Gasteiger partial charge is 0.456 e. The molecule has 21 heavy (non-hydrogen) atoms. The van der Waals surface area contributed by atoms with Crippen molar-refractivity contribution in [3.05, 3.63) is 10.4 Å². The van der Waals surface area contributed by atoms with Crippen LogP contribution in [0.2, 0.25) is 0 Å². The summed E-state index contributed by atoms with van der Waals surface area (Å²) in [4.78, 5) is 36.7. The first-order valence-corrected chi connectivity index (χ1v) is 5.58. The number of hydrogen-bond donors (Lipinski definition) is 0. The minimum atomic E-state index is -1.47. The van der Waals surface area contributed by atoms with E-state index in [2.05, 4.69) is 10.0 Å². The first kappa shape index (κ1) is 12.4. The van der Waals surface area contributed by atoms with Crippen LogP contribution in [0.1, 0.15) is 24.8 Å². The molecule has 0 aromatic carbocycles. The Kier molecular flexibility index (Phi) is 4.41. The molecule has 1 aliphatic heterocycles. The molecule has 4 atom stereocenters. The number of nitrogens with zero attached hydrogens (tertiary/aromatic N) is 3. The van der Waals surface area contributed by atoms with Gasteiger partial charge in [0.2, 0.25) is 0 Å². The molecule has 0 saturated carbocycles. The molecule has 1 rings (SSSR count). The normalized spacial score (nSPS) is 29.8. The van der Waals surface area contributed by atoms with Crippen molar-refractivity contribution < 1.29 is 37.4 Å². The molecule has 10 heteroatoms. The number of hydrogen-bond acceptors (Lipinski definition) is 8. The lowest BCUT2D eigenvalue weighted by molar-refractivity contribution is -0.224. The molecular weight excluding hydrogens is 286 g/mol. The Morgan fingerprint density at radius 2 is 1.71 bits per heavy atom. The van der Waals surface area contributed by atoms with E-state index in [0.717, 1.165) is 0 Å². The fourth-order valence-corrected chi connectivity index (χ4v) is 1.75. The van der Waals surface area contributed by atoms with Crippen LogP contribution < -0.4 is 0 Å². The topological polar surface area (TPSA) is 137 Å². The van der Waals surface area contributed by atoms with E-state index in [-0.39, 0.29) is 6.61 Å². The molecule has 0 aliphatic carbocycles. The summed E-state index contributed by atoms with van der Waals surface area (Å²) < 4.78 is 40.8. The summed E-state index contributed by atoms with van der Waals surface area (Å²) in [6.45, 7) is -2.55. The van der Waals surface area contributed by atoms with E-state index in [0.29, 0.717) is 0 Å². The molecule has 0 N–H and O–H groups in total. The quantitative estimate of drug-likeness (QED) is 0.241. The Hall–Kier alpha value is -2.32. The zero-order valence-corrected chi connectivity index (χ0v) is 10.8. The van der Waals surface area contributed by atoms with E-state index in [4.69, 9.17) is 28.6 Å². The van der Waals surface area contributed by atoms with Crippen LogP contribution in [0.3, 0.4) is 0 Å². The van der Waals surface area contributed by atoms with E-state index in [9.17, 15) is 14.4 Å². The van der Waals surface area contributed by atoms with Crippen molar-refractivity contribution in [3.63, 3.8) is 0 Å². The second-order valence-electron chi connectivity index (χ2n) is 3.87. The van der Waals surface area contributed by atoms with Crippen LogP contribution in [0.4, 0.5) is 0 Å². The van der Waals surface area contributed by atoms with Crippen LogP contribution in [0.15, 0.2) is 5.11 Å². The molecule has 1 heterocycles. The lowest BCUT2D eigenvalue weighted by atomic mass is 10.0. The molecule has 116 valence electrons. The van der Waals surface area contributed by atoms with Crippen molar-refractivity contribution in [2.24, 2.45) is 5.11 Å². The van der Waals surface area contributed by atoms with Gasteiger partial charge in [0, 0.05) is 29.7 Å². The van der Waals surface area contributed by atoms with E-state index in [1.165, 1.54) is 0 Å². The number of esters is 3. The summed E-state index contributed by atoms with van der Waals surface area (Å²) in [5.41, 5.74) is 8.54. The molecule has 1 aliphatic rings. The zero-order valence-electron chi connectivity index (χ0n) is 13.8. The van der Waals surface area contributed by atoms with Crippen molar-refractivity contribution >= 4 is 17.9 Å². The highest BCUT2D eigenvalue weighted by molar-refractivity contribution is 5.68. The molecule has 0 radical (unpaired) electrons. The predicted octanol–water partition coefficient (Wildman–Crippen LogP) is 0.448. The van der Waals surface area contributed by atoms with Crippen LogP contribution in [0.5, 0.6) is 0 Å². The maximum atomic E-state index is 11.4. The summed E-state index contributed by atoms with van der Waals surface area (Å²) in [6.07, 6.45) is -5.48. The fraction of sp³-hybridized carbons (Fsp3) is 0.727. The molecule has 1 saturated heterocycles. The smallest absolute Gasteiger partial charge is 0.303 e. The van der Waals surface area contributed by atoms with Gasteiger partial charge in [0.1, 0.15) is 0 Å². The third-order valence-corrected chi connectivity index (χ3v) is 2.39. The first-order valence-electron chi connectivity index (χ1n) is 7.70. The van der Waals surface area contributed by atoms with Crippen molar-refractivity contribution in [3.8, 4) is 0 Å². The number of azide groups is 1. The standard InChI is InChI=1S/C11H15N3O7/c1-5(15)19-8-4-18-11(13-14-12)10(21-7(3)17)9(8)20-6(2)16/h8-11H,4H2,1-3H3/t8-,9-,10+,11?/m1/s1/i1D,2D,3D. The molecule has 10 nitrogen and oxygen atoms in total. The van der Waals surface area contributed by atoms with Crippen molar-refractivity contribution in [1.29, 1.82) is 0 Å². The molecule has 0 aromatic rings. The van der Waals surface area contributed by atoms with Crippen LogP contribution >= 0.6 is 0 Å². The fourth-order valence-electron chi connectivity index (χ4n) is 1.75. The van der Waals surface area contributed by atoms with Gasteiger partial charge in [0.05, 0.1) is 6.61 Å². The summed E-state index contributed by atoms with van der Waals surface area (Å²) in [7, 11) is 0. The summed E-state index contributed by atoms with van der Waals surface area (Å²) in [5, 5.41) is 3.27. The Morgan fingerprint density at radius 3 is 2.29 bits per heavy atom. The molecule has 1 unspecified atom stereocenters. The molecule has 0 spiro atoms. The summed E-state index contributed by atoms with van der Waals surface area (Å²) >= 11 is 0. The highest BCUT2D eigenvalue weighted by atomic mass is 16.6. The number of rotatable bonds is 4. The third-order valence-electron chi connectivity index (χ3n) is 2.39. The predicted molar refractivity (Wildman–Crippen MR) is 65.5 cm³/mol. The van der Waals surface area contributed by atoms with Crippen molar-refractivity contribution in [2.45, 2.75) is 45.2 Å². The summed E-state index contributed by atoms with van der Waals surface area (Å²) in [6, 6.07) is 0. The van der Waals surface area contributed by atoms with E-state index in [1.54, 1.807) is 0 Å². The van der Waals surface area contributed by atoms with Gasteiger partial charge in [0.25, 0.3) is 0 Å². The Bertz CT molecular complexity index is 529. The van der Waals surface area contributed by atoms with E-state index < -0.39 is 63.1 Å². The van der Waals surface area contributed by atoms with E-state index in [1.807, 2.05) is 0 Å². The van der Waals surface area contributed by atoms with E-state index >= 15 is 0 Å². The maximum Gasteiger partial charge on any atom is 0.303 e. The van der Waals surface area contributed by atoms with Crippen LogP contribution in [0.25, 0.3) is 10.4 Å². The van der Waals surface area contributed by atoms with Gasteiger partial charge in [-0.1, -0.05) is 5.11 Å². The van der Waals surface area contributed by atoms with Gasteiger partial charge < -0.3 is 18.9 Å². The maximum absolute atomic E-state index is 11.4. The van der Waals surface area contributed by atoms with Crippen molar-refractivity contribution in [2.75, 3.05) is 6.61 Å². The number of carbonyl (C=O) groups excluding carboxylic acids is 3. The van der Waals surface area contributed by atoms with Crippen LogP contribution in [0, 0.1) is 0 Å². The lowest BCUT2D eigenvalue weighted by Gasteiger charge is -2.38. The zero-order chi connectivity index (χ0) is 18.1.